The van der Waals surface area contributed by atoms with Crippen molar-refractivity contribution in [2.75, 3.05) is 23.0 Å². The lowest BCUT2D eigenvalue weighted by Gasteiger charge is -2.31. The maximum absolute atomic E-state index is 12.6. The molecule has 21 heavy (non-hydrogen) atoms. The summed E-state index contributed by atoms with van der Waals surface area (Å²) in [6, 6.07) is 5.37. The van der Waals surface area contributed by atoms with Gasteiger partial charge in [0.25, 0.3) is 0 Å². The summed E-state index contributed by atoms with van der Waals surface area (Å²) < 4.78 is 24.2. The van der Waals surface area contributed by atoms with Gasteiger partial charge in [-0.3, -0.25) is 4.79 Å². The van der Waals surface area contributed by atoms with Crippen LogP contribution >= 0.6 is 23.4 Å². The molecule has 4 nitrogen and oxygen atoms in total. The van der Waals surface area contributed by atoms with Crippen LogP contribution in [0.25, 0.3) is 0 Å². The number of carbonyl (C=O) groups is 1. The Bertz CT molecular complexity index is 646. The van der Waals surface area contributed by atoms with E-state index in [4.69, 9.17) is 11.6 Å². The molecule has 0 aliphatic carbocycles. The normalized spacial score (nSPS) is 16.4. The van der Waals surface area contributed by atoms with Crippen molar-refractivity contribution in [3.05, 3.63) is 23.2 Å². The lowest BCUT2D eigenvalue weighted by Crippen LogP contribution is -2.44. The molecule has 7 heteroatoms. The molecule has 1 aromatic carbocycles. The maximum Gasteiger partial charge on any atom is 0.245 e. The summed E-state index contributed by atoms with van der Waals surface area (Å²) in [6.07, 6.45) is 0.512. The van der Waals surface area contributed by atoms with Gasteiger partial charge in [-0.25, -0.2) is 8.42 Å². The van der Waals surface area contributed by atoms with Crippen LogP contribution in [0.2, 0.25) is 5.02 Å². The molecule has 0 saturated carbocycles. The zero-order valence-corrected chi connectivity index (χ0v) is 14.4. The van der Waals surface area contributed by atoms with Gasteiger partial charge in [-0.1, -0.05) is 18.5 Å². The topological polar surface area (TPSA) is 54.5 Å². The van der Waals surface area contributed by atoms with Crippen molar-refractivity contribution >= 4 is 44.8 Å². The third-order valence-corrected chi connectivity index (χ3v) is 6.96. The highest BCUT2D eigenvalue weighted by Crippen LogP contribution is 2.37. The van der Waals surface area contributed by atoms with Crippen molar-refractivity contribution in [1.29, 1.82) is 0 Å². The van der Waals surface area contributed by atoms with E-state index in [0.29, 0.717) is 23.7 Å². The third kappa shape index (κ3) is 3.55. The van der Waals surface area contributed by atoms with Gasteiger partial charge in [0, 0.05) is 22.2 Å². The van der Waals surface area contributed by atoms with Crippen LogP contribution in [-0.4, -0.2) is 37.6 Å². The molecule has 1 unspecified atom stereocenters. The van der Waals surface area contributed by atoms with Crippen LogP contribution in [0, 0.1) is 0 Å². The molecule has 0 spiro atoms. The van der Waals surface area contributed by atoms with Gasteiger partial charge < -0.3 is 4.90 Å². The summed E-state index contributed by atoms with van der Waals surface area (Å²) in [7, 11) is -3.40. The average molecular weight is 348 g/mol. The van der Waals surface area contributed by atoms with Crippen molar-refractivity contribution in [3.63, 3.8) is 0 Å². The van der Waals surface area contributed by atoms with Crippen molar-refractivity contribution in [2.24, 2.45) is 0 Å². The molecule has 1 aliphatic rings. The van der Waals surface area contributed by atoms with Crippen LogP contribution in [0.15, 0.2) is 23.1 Å². The number of carbonyl (C=O) groups excluding carboxylic acids is 1. The molecule has 1 heterocycles. The first kappa shape index (κ1) is 16.6. The fourth-order valence-corrected chi connectivity index (χ4v) is 4.75. The van der Waals surface area contributed by atoms with E-state index in [1.807, 2.05) is 6.07 Å². The number of fused-ring (bicyclic) bond motifs is 1. The maximum atomic E-state index is 12.6. The average Bonchev–Trinajstić information content (AvgIpc) is 2.45. The molecule has 2 rings (SSSR count). The van der Waals surface area contributed by atoms with Crippen LogP contribution in [0.3, 0.4) is 0 Å². The number of amides is 1. The largest absolute Gasteiger partial charge is 0.309 e. The van der Waals surface area contributed by atoms with Gasteiger partial charge in [0.05, 0.1) is 11.4 Å². The number of halogens is 1. The van der Waals surface area contributed by atoms with Crippen LogP contribution in [-0.2, 0) is 14.6 Å². The zero-order chi connectivity index (χ0) is 15.6. The summed E-state index contributed by atoms with van der Waals surface area (Å²) in [5.74, 6) is 0.415. The number of thioether (sulfide) groups is 1. The minimum absolute atomic E-state index is 0.0326. The van der Waals surface area contributed by atoms with E-state index in [9.17, 15) is 13.2 Å². The molecule has 0 N–H and O–H groups in total. The SMILES string of the molecule is CCCS(=O)(=O)C(C)C(=O)N1CCSc2ccc(Cl)cc21. The summed E-state index contributed by atoms with van der Waals surface area (Å²) in [5, 5.41) is -0.481. The second kappa shape index (κ2) is 6.58. The Morgan fingerprint density at radius 1 is 1.48 bits per heavy atom. The quantitative estimate of drug-likeness (QED) is 0.840. The summed E-state index contributed by atoms with van der Waals surface area (Å²) >= 11 is 7.65. The lowest BCUT2D eigenvalue weighted by atomic mass is 10.2. The zero-order valence-electron chi connectivity index (χ0n) is 12.0. The van der Waals surface area contributed by atoms with Crippen molar-refractivity contribution in [1.82, 2.24) is 0 Å². The fourth-order valence-electron chi connectivity index (χ4n) is 2.25. The lowest BCUT2D eigenvalue weighted by molar-refractivity contribution is -0.117. The van der Waals surface area contributed by atoms with Gasteiger partial charge in [0.15, 0.2) is 9.84 Å². The van der Waals surface area contributed by atoms with Gasteiger partial charge in [-0.2, -0.15) is 0 Å². The predicted octanol–water partition coefficient (Wildman–Crippen LogP) is 2.99. The van der Waals surface area contributed by atoms with E-state index in [2.05, 4.69) is 0 Å². The first-order valence-electron chi connectivity index (χ1n) is 6.82. The number of rotatable bonds is 4. The highest BCUT2D eigenvalue weighted by molar-refractivity contribution is 7.99. The highest BCUT2D eigenvalue weighted by Gasteiger charge is 2.33. The second-order valence-electron chi connectivity index (χ2n) is 4.96. The molecule has 0 saturated heterocycles. The van der Waals surface area contributed by atoms with E-state index >= 15 is 0 Å². The Labute approximate surface area is 134 Å². The molecule has 116 valence electrons. The molecular weight excluding hydrogens is 330 g/mol. The number of sulfone groups is 1. The summed E-state index contributed by atoms with van der Waals surface area (Å²) in [6.45, 7) is 3.77. The van der Waals surface area contributed by atoms with Crippen LogP contribution in [0.1, 0.15) is 20.3 Å². The first-order chi connectivity index (χ1) is 9.86. The van der Waals surface area contributed by atoms with Gasteiger partial charge in [0.2, 0.25) is 5.91 Å². The molecule has 0 radical (unpaired) electrons. The fraction of sp³-hybridized carbons (Fsp3) is 0.500. The number of benzene rings is 1. The molecule has 1 aromatic rings. The molecule has 0 aromatic heterocycles. The minimum atomic E-state index is -3.40. The smallest absolute Gasteiger partial charge is 0.245 e. The second-order valence-corrected chi connectivity index (χ2v) is 8.97. The summed E-state index contributed by atoms with van der Waals surface area (Å²) in [4.78, 5) is 15.1. The third-order valence-electron chi connectivity index (χ3n) is 3.43. The van der Waals surface area contributed by atoms with Gasteiger partial charge in [0.1, 0.15) is 5.25 Å². The van der Waals surface area contributed by atoms with Crippen molar-refractivity contribution < 1.29 is 13.2 Å². The van der Waals surface area contributed by atoms with Crippen molar-refractivity contribution in [3.8, 4) is 0 Å². The molecule has 1 atom stereocenters. The molecule has 0 fully saturated rings. The van der Waals surface area contributed by atoms with Crippen LogP contribution in [0.5, 0.6) is 0 Å². The standard InChI is InChI=1S/C14H18ClNO3S2/c1-3-8-21(18,19)10(2)14(17)16-6-7-20-13-5-4-11(15)9-12(13)16/h4-5,9-10H,3,6-8H2,1-2H3. The monoisotopic (exact) mass is 347 g/mol. The Morgan fingerprint density at radius 2 is 2.19 bits per heavy atom. The van der Waals surface area contributed by atoms with Crippen LogP contribution in [0.4, 0.5) is 5.69 Å². The van der Waals surface area contributed by atoms with E-state index in [1.165, 1.54) is 6.92 Å². The first-order valence-corrected chi connectivity index (χ1v) is 9.90. The number of nitrogens with zero attached hydrogens (tertiary/aromatic N) is 1. The Balaban J connectivity index is 2.32. The predicted molar refractivity (Wildman–Crippen MR) is 88.1 cm³/mol. The van der Waals surface area contributed by atoms with Crippen molar-refractivity contribution in [2.45, 2.75) is 30.4 Å². The van der Waals surface area contributed by atoms with Crippen LogP contribution < -0.4 is 4.90 Å². The highest BCUT2D eigenvalue weighted by atomic mass is 35.5. The van der Waals surface area contributed by atoms with Gasteiger partial charge >= 0.3 is 0 Å². The Kier molecular flexibility index (Phi) is 5.22. The number of hydrogen-bond acceptors (Lipinski definition) is 4. The molecular formula is C14H18ClNO3S2. The minimum Gasteiger partial charge on any atom is -0.309 e. The van der Waals surface area contributed by atoms with E-state index in [0.717, 1.165) is 10.6 Å². The van der Waals surface area contributed by atoms with Gasteiger partial charge in [-0.05, 0) is 31.5 Å². The Hall–Kier alpha value is -0.720. The van der Waals surface area contributed by atoms with Gasteiger partial charge in [-0.15, -0.1) is 11.8 Å². The molecule has 1 amide bonds. The van der Waals surface area contributed by atoms with E-state index in [-0.39, 0.29) is 11.7 Å². The summed E-state index contributed by atoms with van der Waals surface area (Å²) in [5.41, 5.74) is 0.710. The molecule has 1 aliphatic heterocycles. The number of hydrogen-bond donors (Lipinski definition) is 0. The van der Waals surface area contributed by atoms with E-state index < -0.39 is 15.1 Å². The Morgan fingerprint density at radius 3 is 2.86 bits per heavy atom. The molecule has 0 bridgehead atoms. The van der Waals surface area contributed by atoms with E-state index in [1.54, 1.807) is 35.7 Å². The number of anilines is 1.